The van der Waals surface area contributed by atoms with Gasteiger partial charge in [0.15, 0.2) is 0 Å². The number of piperidine rings is 2. The van der Waals surface area contributed by atoms with Crippen molar-refractivity contribution in [1.82, 2.24) is 29.7 Å². The van der Waals surface area contributed by atoms with Crippen LogP contribution in [0.1, 0.15) is 69.9 Å². The third kappa shape index (κ3) is 4.65. The number of carbonyl (C=O) groups excluding carboxylic acids is 1. The van der Waals surface area contributed by atoms with E-state index in [4.69, 9.17) is 9.26 Å². The first-order chi connectivity index (χ1) is 16.8. The van der Waals surface area contributed by atoms with E-state index in [1.165, 1.54) is 11.6 Å². The van der Waals surface area contributed by atoms with Crippen LogP contribution in [0.2, 0.25) is 0 Å². The molecule has 35 heavy (non-hydrogen) atoms. The summed E-state index contributed by atoms with van der Waals surface area (Å²) in [7, 11) is 0. The average Bonchev–Trinajstić information content (AvgIpc) is 3.43. The Morgan fingerprint density at radius 1 is 1.11 bits per heavy atom. The summed E-state index contributed by atoms with van der Waals surface area (Å²) in [6.07, 6.45) is 3.89. The molecule has 0 atom stereocenters. The summed E-state index contributed by atoms with van der Waals surface area (Å²) in [6.45, 7) is 14.2. The van der Waals surface area contributed by atoms with Gasteiger partial charge in [0.25, 0.3) is 5.95 Å². The monoisotopic (exact) mass is 486 g/mol. The fourth-order valence-corrected chi connectivity index (χ4v) is 5.51. The molecule has 3 aliphatic heterocycles. The van der Waals surface area contributed by atoms with Gasteiger partial charge in [-0.2, -0.15) is 14.8 Å². The average molecular weight is 487 g/mol. The molecule has 5 rings (SSSR count). The largest absolute Gasteiger partial charge is 0.380 e. The van der Waals surface area contributed by atoms with Crippen LogP contribution in [-0.4, -0.2) is 81.1 Å². The van der Waals surface area contributed by atoms with Crippen LogP contribution in [0.3, 0.4) is 0 Å². The lowest BCUT2D eigenvalue weighted by Crippen LogP contribution is -2.52. The normalized spacial score (nSPS) is 22.0. The van der Waals surface area contributed by atoms with E-state index >= 15 is 0 Å². The summed E-state index contributed by atoms with van der Waals surface area (Å²) in [5.74, 6) is 1.07. The number of hydrogen-bond donors (Lipinski definition) is 0. The minimum absolute atomic E-state index is 0.0725. The van der Waals surface area contributed by atoms with E-state index in [0.717, 1.165) is 57.6 Å². The number of hydrogen-bond acceptors (Lipinski definition) is 7. The number of carbonyl (C=O) groups is 1. The molecular formula is C25H35FN6O3. The number of likely N-dealkylation sites (tertiary alicyclic amines) is 2. The van der Waals surface area contributed by atoms with Gasteiger partial charge >= 0.3 is 0 Å². The summed E-state index contributed by atoms with van der Waals surface area (Å²) in [6, 6.07) is 0.510. The molecule has 190 valence electrons. The standard InChI is InChI=1S/C25H35FN6O3/c1-15(2)21-16(3)22(17(4)26)32(28-21)25-27-23(35-29-25)18-5-9-30(10-6-18)20-7-11-31(12-8-20)24(33)19-13-34-14-19/h15,18-20H,3,5-14H2,1-2,4H3. The second-order valence-electron chi connectivity index (χ2n) is 10.3. The van der Waals surface area contributed by atoms with Crippen molar-refractivity contribution in [2.75, 3.05) is 39.4 Å². The van der Waals surface area contributed by atoms with Gasteiger partial charge in [-0.1, -0.05) is 20.4 Å². The lowest BCUT2D eigenvalue weighted by molar-refractivity contribution is -0.151. The molecule has 2 aromatic heterocycles. The van der Waals surface area contributed by atoms with E-state index in [9.17, 15) is 9.18 Å². The van der Waals surface area contributed by atoms with Crippen LogP contribution in [-0.2, 0) is 9.53 Å². The summed E-state index contributed by atoms with van der Waals surface area (Å²) < 4.78 is 26.5. The van der Waals surface area contributed by atoms with Gasteiger partial charge in [0.1, 0.15) is 11.2 Å². The van der Waals surface area contributed by atoms with E-state index in [1.807, 2.05) is 18.7 Å². The summed E-state index contributed by atoms with van der Waals surface area (Å²) >= 11 is 0. The molecule has 0 spiro atoms. The van der Waals surface area contributed by atoms with Crippen LogP contribution >= 0.6 is 0 Å². The molecule has 2 aromatic rings. The van der Waals surface area contributed by atoms with Crippen molar-refractivity contribution in [3.8, 4) is 5.95 Å². The van der Waals surface area contributed by atoms with Crippen molar-refractivity contribution in [3.05, 3.63) is 22.2 Å². The topological polar surface area (TPSA) is 89.5 Å². The van der Waals surface area contributed by atoms with Crippen molar-refractivity contribution >= 4 is 18.3 Å². The van der Waals surface area contributed by atoms with Crippen LogP contribution in [0.15, 0.2) is 4.52 Å². The van der Waals surface area contributed by atoms with Crippen LogP contribution in [0.5, 0.6) is 0 Å². The van der Waals surface area contributed by atoms with Gasteiger partial charge in [0.2, 0.25) is 11.8 Å². The molecule has 0 aliphatic carbocycles. The van der Waals surface area contributed by atoms with Crippen molar-refractivity contribution in [2.45, 2.75) is 64.3 Å². The van der Waals surface area contributed by atoms with Crippen LogP contribution in [0.4, 0.5) is 4.39 Å². The molecule has 9 nitrogen and oxygen atoms in total. The molecule has 0 saturated carbocycles. The van der Waals surface area contributed by atoms with Gasteiger partial charge in [0.05, 0.1) is 24.8 Å². The zero-order chi connectivity index (χ0) is 24.7. The first-order valence-electron chi connectivity index (χ1n) is 12.7. The van der Waals surface area contributed by atoms with Gasteiger partial charge in [0, 0.05) is 30.3 Å². The highest BCUT2D eigenvalue weighted by Crippen LogP contribution is 2.30. The van der Waals surface area contributed by atoms with Gasteiger partial charge in [-0.25, -0.2) is 4.39 Å². The molecule has 0 unspecified atom stereocenters. The molecule has 5 heterocycles. The number of aromatic nitrogens is 4. The van der Waals surface area contributed by atoms with Crippen LogP contribution in [0.25, 0.3) is 18.4 Å². The Balaban J connectivity index is 1.20. The number of nitrogens with zero attached hydrogens (tertiary/aromatic N) is 6. The molecule has 0 aromatic carbocycles. The third-order valence-electron chi connectivity index (χ3n) is 7.67. The first-order valence-corrected chi connectivity index (χ1v) is 12.7. The van der Waals surface area contributed by atoms with E-state index < -0.39 is 0 Å². The maximum Gasteiger partial charge on any atom is 0.291 e. The second kappa shape index (κ2) is 9.81. The zero-order valence-electron chi connectivity index (χ0n) is 20.9. The third-order valence-corrected chi connectivity index (χ3v) is 7.67. The predicted molar refractivity (Wildman–Crippen MR) is 128 cm³/mol. The van der Waals surface area contributed by atoms with Gasteiger partial charge < -0.3 is 19.1 Å². The number of halogens is 1. The molecular weight excluding hydrogens is 451 g/mol. The molecule has 0 radical (unpaired) electrons. The summed E-state index contributed by atoms with van der Waals surface area (Å²) in [5, 5.41) is 9.52. The minimum atomic E-state index is -0.372. The zero-order valence-corrected chi connectivity index (χ0v) is 20.9. The molecule has 3 saturated heterocycles. The van der Waals surface area contributed by atoms with Gasteiger partial charge in [-0.05, 0) is 56.8 Å². The molecule has 0 N–H and O–H groups in total. The smallest absolute Gasteiger partial charge is 0.291 e. The lowest BCUT2D eigenvalue weighted by Gasteiger charge is -2.42. The second-order valence-corrected chi connectivity index (χ2v) is 10.3. The Morgan fingerprint density at radius 3 is 2.37 bits per heavy atom. The maximum absolute atomic E-state index is 14.3. The fourth-order valence-electron chi connectivity index (χ4n) is 5.51. The summed E-state index contributed by atoms with van der Waals surface area (Å²) in [5.41, 5.74) is 0.727. The van der Waals surface area contributed by atoms with E-state index in [1.54, 1.807) is 0 Å². The van der Waals surface area contributed by atoms with Gasteiger partial charge in [-0.3, -0.25) is 4.79 Å². The minimum Gasteiger partial charge on any atom is -0.380 e. The molecule has 1 amide bonds. The highest BCUT2D eigenvalue weighted by atomic mass is 19.1. The lowest BCUT2D eigenvalue weighted by atomic mass is 9.93. The highest BCUT2D eigenvalue weighted by molar-refractivity contribution is 5.79. The first kappa shape index (κ1) is 24.1. The van der Waals surface area contributed by atoms with Crippen LogP contribution in [0, 0.1) is 5.92 Å². The van der Waals surface area contributed by atoms with Crippen molar-refractivity contribution < 1.29 is 18.4 Å². The highest BCUT2D eigenvalue weighted by Gasteiger charge is 2.35. The molecule has 0 bridgehead atoms. The Hall–Kier alpha value is -2.59. The number of ether oxygens (including phenoxy) is 1. The van der Waals surface area contributed by atoms with E-state index in [-0.39, 0.29) is 35.4 Å². The van der Waals surface area contributed by atoms with Crippen molar-refractivity contribution in [1.29, 1.82) is 0 Å². The molecule has 3 aliphatic rings. The van der Waals surface area contributed by atoms with Gasteiger partial charge in [-0.15, -0.1) is 0 Å². The Morgan fingerprint density at radius 2 is 1.80 bits per heavy atom. The quantitative estimate of drug-likeness (QED) is 0.636. The predicted octanol–water partition coefficient (Wildman–Crippen LogP) is 1.70. The van der Waals surface area contributed by atoms with Crippen molar-refractivity contribution in [2.24, 2.45) is 5.92 Å². The van der Waals surface area contributed by atoms with Crippen LogP contribution < -0.4 is 10.6 Å². The Labute approximate surface area is 204 Å². The molecule has 3 fully saturated rings. The number of amides is 1. The maximum atomic E-state index is 14.3. The van der Waals surface area contributed by atoms with E-state index in [0.29, 0.717) is 35.7 Å². The summed E-state index contributed by atoms with van der Waals surface area (Å²) in [4.78, 5) is 21.6. The number of rotatable bonds is 5. The SMILES string of the molecule is C=c1c(C(C)C)nn(-c2noc(C3CCN(C4CCN(C(=O)C5COC5)CC4)CC3)n2)c1=C(C)F. The Bertz CT molecular complexity index is 1170. The van der Waals surface area contributed by atoms with Crippen molar-refractivity contribution in [3.63, 3.8) is 0 Å². The Kier molecular flexibility index (Phi) is 6.76. The van der Waals surface area contributed by atoms with E-state index in [2.05, 4.69) is 26.7 Å². The fraction of sp³-hybridized carbons (Fsp3) is 0.680. The molecule has 10 heteroatoms.